The number of hydrogen-bond acceptors (Lipinski definition) is 1. The summed E-state index contributed by atoms with van der Waals surface area (Å²) in [6.07, 6.45) is -8.56. The summed E-state index contributed by atoms with van der Waals surface area (Å²) in [4.78, 5) is 0. The van der Waals surface area contributed by atoms with E-state index < -0.39 is 25.1 Å². The fraction of sp³-hybridized carbons (Fsp3) is 1.00. The Morgan fingerprint density at radius 1 is 1.20 bits per heavy atom. The molecule has 0 rings (SSSR count). The SMILES string of the molecule is OCC(C(F)F)C(F)(F)F. The van der Waals surface area contributed by atoms with E-state index in [1.807, 2.05) is 0 Å². The summed E-state index contributed by atoms with van der Waals surface area (Å²) in [6, 6.07) is 0. The Morgan fingerprint density at radius 3 is 1.60 bits per heavy atom. The summed E-state index contributed by atoms with van der Waals surface area (Å²) in [5.74, 6) is -2.91. The number of rotatable bonds is 2. The molecule has 1 nitrogen and oxygen atoms in total. The Balaban J connectivity index is 4.07. The third-order valence-corrected chi connectivity index (χ3v) is 0.921. The molecule has 62 valence electrons. The van der Waals surface area contributed by atoms with E-state index in [0.29, 0.717) is 0 Å². The summed E-state index contributed by atoms with van der Waals surface area (Å²) in [6.45, 7) is -1.57. The van der Waals surface area contributed by atoms with Gasteiger partial charge in [-0.05, 0) is 0 Å². The quantitative estimate of drug-likeness (QED) is 0.612. The molecule has 0 aliphatic heterocycles. The van der Waals surface area contributed by atoms with E-state index in [1.165, 1.54) is 0 Å². The minimum atomic E-state index is -5.01. The van der Waals surface area contributed by atoms with Crippen molar-refractivity contribution in [2.45, 2.75) is 12.6 Å². The van der Waals surface area contributed by atoms with E-state index in [-0.39, 0.29) is 0 Å². The van der Waals surface area contributed by atoms with Gasteiger partial charge < -0.3 is 5.11 Å². The summed E-state index contributed by atoms with van der Waals surface area (Å²) in [7, 11) is 0. The molecule has 0 aliphatic rings. The second kappa shape index (κ2) is 3.14. The van der Waals surface area contributed by atoms with Crippen molar-refractivity contribution in [1.29, 1.82) is 0 Å². The second-order valence-electron chi connectivity index (χ2n) is 1.67. The number of hydrogen-bond donors (Lipinski definition) is 1. The van der Waals surface area contributed by atoms with Crippen LogP contribution in [0, 0.1) is 5.92 Å². The van der Waals surface area contributed by atoms with Gasteiger partial charge in [0.1, 0.15) is 5.92 Å². The maximum Gasteiger partial charge on any atom is 0.399 e. The first-order valence-corrected chi connectivity index (χ1v) is 2.35. The molecule has 0 aromatic carbocycles. The molecule has 0 fully saturated rings. The van der Waals surface area contributed by atoms with Crippen LogP contribution in [0.3, 0.4) is 0 Å². The zero-order valence-electron chi connectivity index (χ0n) is 4.70. The predicted octanol–water partition coefficient (Wildman–Crippen LogP) is 1.42. The molecule has 0 saturated carbocycles. The normalized spacial score (nSPS) is 15.9. The lowest BCUT2D eigenvalue weighted by molar-refractivity contribution is -0.215. The third kappa shape index (κ3) is 2.47. The Hall–Kier alpha value is -0.390. The van der Waals surface area contributed by atoms with Crippen molar-refractivity contribution in [2.75, 3.05) is 6.61 Å². The van der Waals surface area contributed by atoms with Gasteiger partial charge in [0.25, 0.3) is 6.43 Å². The fourth-order valence-corrected chi connectivity index (χ4v) is 0.326. The van der Waals surface area contributed by atoms with Gasteiger partial charge in [0, 0.05) is 0 Å². The molecule has 0 amide bonds. The van der Waals surface area contributed by atoms with Crippen molar-refractivity contribution in [2.24, 2.45) is 5.92 Å². The summed E-state index contributed by atoms with van der Waals surface area (Å²) in [5, 5.41) is 7.83. The van der Waals surface area contributed by atoms with Gasteiger partial charge >= 0.3 is 6.18 Å². The van der Waals surface area contributed by atoms with Crippen molar-refractivity contribution in [3.05, 3.63) is 0 Å². The lowest BCUT2D eigenvalue weighted by Gasteiger charge is -2.15. The average Bonchev–Trinajstić information content (AvgIpc) is 1.60. The molecule has 10 heavy (non-hydrogen) atoms. The van der Waals surface area contributed by atoms with Crippen molar-refractivity contribution < 1.29 is 27.1 Å². The highest BCUT2D eigenvalue weighted by Gasteiger charge is 2.45. The number of aliphatic hydroxyl groups excluding tert-OH is 1. The monoisotopic (exact) mass is 164 g/mol. The van der Waals surface area contributed by atoms with E-state index in [2.05, 4.69) is 0 Å². The van der Waals surface area contributed by atoms with E-state index in [0.717, 1.165) is 0 Å². The molecular formula is C4H5F5O. The maximum absolute atomic E-state index is 11.3. The van der Waals surface area contributed by atoms with Gasteiger partial charge in [0.15, 0.2) is 0 Å². The van der Waals surface area contributed by atoms with Gasteiger partial charge in [-0.2, -0.15) is 13.2 Å². The maximum atomic E-state index is 11.3. The molecule has 1 atom stereocenters. The van der Waals surface area contributed by atoms with E-state index >= 15 is 0 Å². The number of alkyl halides is 5. The average molecular weight is 164 g/mol. The van der Waals surface area contributed by atoms with E-state index in [1.54, 1.807) is 0 Å². The summed E-state index contributed by atoms with van der Waals surface area (Å²) >= 11 is 0. The van der Waals surface area contributed by atoms with Gasteiger partial charge in [-0.15, -0.1) is 0 Å². The molecule has 1 N–H and O–H groups in total. The van der Waals surface area contributed by atoms with Crippen LogP contribution in [0.5, 0.6) is 0 Å². The molecule has 0 bridgehead atoms. The minimum absolute atomic E-state index is 1.57. The molecular weight excluding hydrogens is 159 g/mol. The number of halogens is 5. The predicted molar refractivity (Wildman–Crippen MR) is 22.6 cm³/mol. The Morgan fingerprint density at radius 2 is 1.60 bits per heavy atom. The van der Waals surface area contributed by atoms with Gasteiger partial charge in [0.2, 0.25) is 0 Å². The van der Waals surface area contributed by atoms with Crippen molar-refractivity contribution in [1.82, 2.24) is 0 Å². The smallest absolute Gasteiger partial charge is 0.396 e. The van der Waals surface area contributed by atoms with E-state index in [9.17, 15) is 22.0 Å². The van der Waals surface area contributed by atoms with Crippen LogP contribution in [0.1, 0.15) is 0 Å². The molecule has 0 aromatic heterocycles. The van der Waals surface area contributed by atoms with Crippen LogP contribution >= 0.6 is 0 Å². The highest BCUT2D eigenvalue weighted by atomic mass is 19.4. The van der Waals surface area contributed by atoms with Crippen LogP contribution in [-0.4, -0.2) is 24.3 Å². The van der Waals surface area contributed by atoms with Crippen LogP contribution in [0.15, 0.2) is 0 Å². The molecule has 1 unspecified atom stereocenters. The molecule has 0 saturated heterocycles. The topological polar surface area (TPSA) is 20.2 Å². The van der Waals surface area contributed by atoms with Crippen LogP contribution in [0.2, 0.25) is 0 Å². The lowest BCUT2D eigenvalue weighted by atomic mass is 10.2. The molecule has 0 aliphatic carbocycles. The second-order valence-corrected chi connectivity index (χ2v) is 1.67. The Kier molecular flexibility index (Phi) is 3.01. The third-order valence-electron chi connectivity index (χ3n) is 0.921. The first-order chi connectivity index (χ1) is 4.39. The zero-order valence-corrected chi connectivity index (χ0v) is 4.70. The standard InChI is InChI=1S/C4H5F5O/c5-3(6)2(1-10)4(7,8)9/h2-3,10H,1H2. The van der Waals surface area contributed by atoms with Crippen LogP contribution in [-0.2, 0) is 0 Å². The zero-order chi connectivity index (χ0) is 8.36. The minimum Gasteiger partial charge on any atom is -0.396 e. The van der Waals surface area contributed by atoms with Crippen molar-refractivity contribution >= 4 is 0 Å². The van der Waals surface area contributed by atoms with Crippen molar-refractivity contribution in [3.8, 4) is 0 Å². The molecule has 0 heterocycles. The van der Waals surface area contributed by atoms with Crippen molar-refractivity contribution in [3.63, 3.8) is 0 Å². The first-order valence-electron chi connectivity index (χ1n) is 2.35. The fourth-order valence-electron chi connectivity index (χ4n) is 0.326. The Labute approximate surface area is 53.5 Å². The van der Waals surface area contributed by atoms with Gasteiger partial charge in [-0.25, -0.2) is 8.78 Å². The van der Waals surface area contributed by atoms with Gasteiger partial charge in [-0.1, -0.05) is 0 Å². The van der Waals surface area contributed by atoms with Crippen LogP contribution in [0.25, 0.3) is 0 Å². The highest BCUT2D eigenvalue weighted by molar-refractivity contribution is 4.68. The highest BCUT2D eigenvalue weighted by Crippen LogP contribution is 2.30. The largest absolute Gasteiger partial charge is 0.399 e. The molecule has 6 heteroatoms. The lowest BCUT2D eigenvalue weighted by Crippen LogP contribution is -2.32. The Bertz CT molecular complexity index is 98.3. The molecule has 0 spiro atoms. The van der Waals surface area contributed by atoms with E-state index in [4.69, 9.17) is 5.11 Å². The van der Waals surface area contributed by atoms with Gasteiger partial charge in [0.05, 0.1) is 6.61 Å². The summed E-state index contributed by atoms with van der Waals surface area (Å²) in [5.41, 5.74) is 0. The molecule has 0 aromatic rings. The summed E-state index contributed by atoms with van der Waals surface area (Å²) < 4.78 is 56.6. The van der Waals surface area contributed by atoms with Crippen LogP contribution in [0.4, 0.5) is 22.0 Å². The van der Waals surface area contributed by atoms with Crippen LogP contribution < -0.4 is 0 Å². The van der Waals surface area contributed by atoms with Gasteiger partial charge in [-0.3, -0.25) is 0 Å². The number of aliphatic hydroxyl groups is 1. The first kappa shape index (κ1) is 9.61. The molecule has 0 radical (unpaired) electrons.